The van der Waals surface area contributed by atoms with E-state index in [1.807, 2.05) is 29.7 Å². The number of rotatable bonds is 3. The Morgan fingerprint density at radius 3 is 2.59 bits per heavy atom. The second-order valence-corrected chi connectivity index (χ2v) is 9.76. The molecule has 2 bridgehead atoms. The van der Waals surface area contributed by atoms with Gasteiger partial charge in [0.15, 0.2) is 0 Å². The van der Waals surface area contributed by atoms with E-state index in [9.17, 15) is 4.79 Å². The summed E-state index contributed by atoms with van der Waals surface area (Å²) in [6, 6.07) is 4.11. The van der Waals surface area contributed by atoms with Gasteiger partial charge in [0.2, 0.25) is 0 Å². The van der Waals surface area contributed by atoms with Crippen molar-refractivity contribution in [2.45, 2.75) is 72.8 Å². The van der Waals surface area contributed by atoms with E-state index < -0.39 is 0 Å². The molecule has 0 spiro atoms. The predicted octanol–water partition coefficient (Wildman–Crippen LogP) is 4.92. The van der Waals surface area contributed by atoms with Crippen molar-refractivity contribution in [2.75, 3.05) is 0 Å². The standard InChI is InChI=1S/C23H33N3O/c1-14-8-18-11-19(9-14)13-23(5,12-18)17(4)25-22(27)20-6-7-26-16(3)10-15(2)24-21(20)26/h6-7,10,14,17-19H,8-9,11-13H2,1-5H3,(H,25,27). The van der Waals surface area contributed by atoms with E-state index in [0.717, 1.165) is 34.8 Å². The van der Waals surface area contributed by atoms with Gasteiger partial charge in [-0.15, -0.1) is 0 Å². The average molecular weight is 368 g/mol. The zero-order valence-corrected chi connectivity index (χ0v) is 17.4. The molecule has 1 N–H and O–H groups in total. The number of hydrogen-bond donors (Lipinski definition) is 1. The number of amides is 1. The van der Waals surface area contributed by atoms with E-state index in [2.05, 4.69) is 38.0 Å². The summed E-state index contributed by atoms with van der Waals surface area (Å²) in [5, 5.41) is 3.33. The van der Waals surface area contributed by atoms with Crippen molar-refractivity contribution in [3.63, 3.8) is 0 Å². The third-order valence-corrected chi connectivity index (χ3v) is 7.23. The van der Waals surface area contributed by atoms with Gasteiger partial charge in [-0.25, -0.2) is 4.98 Å². The highest BCUT2D eigenvalue weighted by Gasteiger charge is 2.44. The van der Waals surface area contributed by atoms with Crippen molar-refractivity contribution >= 4 is 11.6 Å². The summed E-state index contributed by atoms with van der Waals surface area (Å²) >= 11 is 0. The first kappa shape index (κ1) is 18.5. The molecule has 2 aromatic rings. The Bertz CT molecular complexity index is 850. The van der Waals surface area contributed by atoms with Gasteiger partial charge in [-0.2, -0.15) is 0 Å². The molecule has 2 aromatic heterocycles. The van der Waals surface area contributed by atoms with E-state index in [1.165, 1.54) is 32.1 Å². The summed E-state index contributed by atoms with van der Waals surface area (Å²) in [6.07, 6.45) is 8.54. The number of hydrogen-bond acceptors (Lipinski definition) is 2. The molecule has 4 heteroatoms. The predicted molar refractivity (Wildman–Crippen MR) is 109 cm³/mol. The van der Waals surface area contributed by atoms with Crippen LogP contribution in [0.2, 0.25) is 0 Å². The maximum atomic E-state index is 13.1. The van der Waals surface area contributed by atoms with E-state index in [0.29, 0.717) is 5.56 Å². The molecule has 2 heterocycles. The molecule has 3 atom stereocenters. The fourth-order valence-electron chi connectivity index (χ4n) is 6.01. The molecule has 2 saturated carbocycles. The van der Waals surface area contributed by atoms with E-state index in [1.54, 1.807) is 0 Å². The summed E-state index contributed by atoms with van der Waals surface area (Å²) < 4.78 is 2.00. The maximum absolute atomic E-state index is 13.1. The summed E-state index contributed by atoms with van der Waals surface area (Å²) in [5.41, 5.74) is 3.68. The van der Waals surface area contributed by atoms with E-state index in [4.69, 9.17) is 0 Å². The van der Waals surface area contributed by atoms with Crippen LogP contribution in [-0.2, 0) is 0 Å². The molecule has 2 fully saturated rings. The zero-order valence-electron chi connectivity index (χ0n) is 17.4. The minimum Gasteiger partial charge on any atom is -0.349 e. The molecular formula is C23H33N3O. The highest BCUT2D eigenvalue weighted by molar-refractivity contribution is 6.00. The lowest BCUT2D eigenvalue weighted by Crippen LogP contribution is -2.49. The van der Waals surface area contributed by atoms with Gasteiger partial charge in [-0.3, -0.25) is 4.79 Å². The van der Waals surface area contributed by atoms with Crippen molar-refractivity contribution in [1.82, 2.24) is 14.7 Å². The van der Waals surface area contributed by atoms with Crippen LogP contribution in [0.1, 0.15) is 74.6 Å². The van der Waals surface area contributed by atoms with E-state index in [-0.39, 0.29) is 17.4 Å². The molecule has 0 aliphatic heterocycles. The molecular weight excluding hydrogens is 334 g/mol. The zero-order chi connectivity index (χ0) is 19.3. The van der Waals surface area contributed by atoms with Crippen LogP contribution in [-0.4, -0.2) is 21.3 Å². The van der Waals surface area contributed by atoms with Gasteiger partial charge in [0.1, 0.15) is 5.65 Å². The first-order chi connectivity index (χ1) is 12.7. The quantitative estimate of drug-likeness (QED) is 0.837. The molecule has 27 heavy (non-hydrogen) atoms. The fourth-order valence-corrected chi connectivity index (χ4v) is 6.01. The minimum atomic E-state index is 0.00725. The number of fused-ring (bicyclic) bond motifs is 3. The molecule has 2 aliphatic carbocycles. The van der Waals surface area contributed by atoms with Crippen molar-refractivity contribution in [1.29, 1.82) is 0 Å². The van der Waals surface area contributed by atoms with Gasteiger partial charge < -0.3 is 9.72 Å². The number of nitrogens with one attached hydrogen (secondary N) is 1. The number of carbonyl (C=O) groups excluding carboxylic acids is 1. The fraction of sp³-hybridized carbons (Fsp3) is 0.652. The van der Waals surface area contributed by atoms with Crippen molar-refractivity contribution in [3.05, 3.63) is 35.3 Å². The van der Waals surface area contributed by atoms with Gasteiger partial charge >= 0.3 is 0 Å². The second kappa shape index (κ2) is 6.65. The number of nitrogens with zero attached hydrogens (tertiary/aromatic N) is 2. The Balaban J connectivity index is 1.53. The van der Waals surface area contributed by atoms with Crippen LogP contribution in [0.15, 0.2) is 18.3 Å². The number of aromatic nitrogens is 2. The molecule has 2 aliphatic rings. The highest BCUT2D eigenvalue weighted by Crippen LogP contribution is 2.51. The van der Waals surface area contributed by atoms with E-state index >= 15 is 0 Å². The van der Waals surface area contributed by atoms with Gasteiger partial charge in [0, 0.05) is 23.6 Å². The van der Waals surface area contributed by atoms with Crippen LogP contribution in [0.3, 0.4) is 0 Å². The number of carbonyl (C=O) groups is 1. The Morgan fingerprint density at radius 2 is 1.93 bits per heavy atom. The first-order valence-corrected chi connectivity index (χ1v) is 10.5. The van der Waals surface area contributed by atoms with Gasteiger partial charge in [0.25, 0.3) is 5.91 Å². The molecule has 0 aromatic carbocycles. The lowest BCUT2D eigenvalue weighted by molar-refractivity contribution is 0.0239. The Morgan fingerprint density at radius 1 is 1.26 bits per heavy atom. The normalized spacial score (nSPS) is 31.7. The summed E-state index contributed by atoms with van der Waals surface area (Å²) in [6.45, 7) is 11.0. The minimum absolute atomic E-state index is 0.00725. The topological polar surface area (TPSA) is 46.4 Å². The molecule has 0 saturated heterocycles. The third kappa shape index (κ3) is 3.39. The van der Waals surface area contributed by atoms with Crippen LogP contribution in [0.25, 0.3) is 5.65 Å². The molecule has 0 radical (unpaired) electrons. The lowest BCUT2D eigenvalue weighted by Gasteiger charge is -2.50. The highest BCUT2D eigenvalue weighted by atomic mass is 16.1. The van der Waals surface area contributed by atoms with Crippen molar-refractivity contribution in [3.8, 4) is 0 Å². The van der Waals surface area contributed by atoms with Gasteiger partial charge in [-0.05, 0) is 88.2 Å². The van der Waals surface area contributed by atoms with Crippen LogP contribution in [0.5, 0.6) is 0 Å². The second-order valence-electron chi connectivity index (χ2n) is 9.76. The van der Waals surface area contributed by atoms with Crippen LogP contribution in [0, 0.1) is 37.0 Å². The SMILES string of the molecule is Cc1cc(C)n2ccc(C(=O)NC(C)C3(C)CC4CC(C)CC(C4)C3)c2n1. The van der Waals surface area contributed by atoms with Gasteiger partial charge in [-0.1, -0.05) is 13.8 Å². The smallest absolute Gasteiger partial charge is 0.255 e. The number of aryl methyl sites for hydroxylation is 2. The maximum Gasteiger partial charge on any atom is 0.255 e. The van der Waals surface area contributed by atoms with Crippen LogP contribution in [0.4, 0.5) is 0 Å². The Hall–Kier alpha value is -1.84. The molecule has 4 rings (SSSR count). The lowest BCUT2D eigenvalue weighted by atomic mass is 9.57. The first-order valence-electron chi connectivity index (χ1n) is 10.5. The molecule has 146 valence electrons. The average Bonchev–Trinajstić information content (AvgIpc) is 2.97. The monoisotopic (exact) mass is 367 g/mol. The summed E-state index contributed by atoms with van der Waals surface area (Å²) in [4.78, 5) is 17.7. The summed E-state index contributed by atoms with van der Waals surface area (Å²) in [5.74, 6) is 2.54. The Labute approximate surface area is 162 Å². The molecule has 3 unspecified atom stereocenters. The van der Waals surface area contributed by atoms with Crippen molar-refractivity contribution < 1.29 is 4.79 Å². The van der Waals surface area contributed by atoms with Crippen LogP contribution >= 0.6 is 0 Å². The third-order valence-electron chi connectivity index (χ3n) is 7.23. The summed E-state index contributed by atoms with van der Waals surface area (Å²) in [7, 11) is 0. The molecule has 4 nitrogen and oxygen atoms in total. The van der Waals surface area contributed by atoms with Crippen LogP contribution < -0.4 is 5.32 Å². The van der Waals surface area contributed by atoms with Gasteiger partial charge in [0.05, 0.1) is 5.56 Å². The largest absolute Gasteiger partial charge is 0.349 e. The Kier molecular flexibility index (Phi) is 4.56. The van der Waals surface area contributed by atoms with Crippen molar-refractivity contribution in [2.24, 2.45) is 23.2 Å². The molecule has 1 amide bonds.